The molecule has 170 valence electrons. The Morgan fingerprint density at radius 1 is 1.19 bits per heavy atom. The van der Waals surface area contributed by atoms with Crippen molar-refractivity contribution in [2.75, 3.05) is 6.54 Å². The van der Waals surface area contributed by atoms with Gasteiger partial charge in [0, 0.05) is 21.8 Å². The Kier molecular flexibility index (Phi) is 6.91. The summed E-state index contributed by atoms with van der Waals surface area (Å²) < 4.78 is 0. The van der Waals surface area contributed by atoms with Crippen molar-refractivity contribution in [1.82, 2.24) is 20.9 Å². The Balaban J connectivity index is 1.44. The van der Waals surface area contributed by atoms with Crippen LogP contribution >= 0.6 is 23.2 Å². The summed E-state index contributed by atoms with van der Waals surface area (Å²) in [5.41, 5.74) is 0.902. The molecule has 2 amide bonds. The van der Waals surface area contributed by atoms with Crippen LogP contribution in [0.25, 0.3) is 10.9 Å². The molecule has 2 heterocycles. The lowest BCUT2D eigenvalue weighted by atomic mass is 9.98. The monoisotopic (exact) mass is 477 g/mol. The highest BCUT2D eigenvalue weighted by molar-refractivity contribution is 6.38. The molecule has 0 bridgehead atoms. The van der Waals surface area contributed by atoms with Crippen LogP contribution < -0.4 is 16.0 Å². The van der Waals surface area contributed by atoms with E-state index >= 15 is 0 Å². The molecule has 4 atom stereocenters. The van der Waals surface area contributed by atoms with Crippen molar-refractivity contribution in [2.24, 2.45) is 11.8 Å². The molecule has 1 aliphatic carbocycles. The number of rotatable bonds is 8. The molecular weight excluding hydrogens is 453 g/mol. The van der Waals surface area contributed by atoms with Crippen LogP contribution in [0.3, 0.4) is 0 Å². The van der Waals surface area contributed by atoms with Crippen LogP contribution in [0, 0.1) is 23.2 Å². The van der Waals surface area contributed by atoms with E-state index < -0.39 is 30.1 Å². The number of hydrogen-bond acceptors (Lipinski definition) is 5. The van der Waals surface area contributed by atoms with Gasteiger partial charge in [0.05, 0.1) is 11.1 Å². The number of carbonyl (C=O) groups is 2. The van der Waals surface area contributed by atoms with Crippen LogP contribution in [0.15, 0.2) is 18.2 Å². The van der Waals surface area contributed by atoms with Crippen LogP contribution in [0.1, 0.15) is 42.6 Å². The quantitative estimate of drug-likeness (QED) is 0.398. The third-order valence-corrected chi connectivity index (χ3v) is 6.64. The predicted molar refractivity (Wildman–Crippen MR) is 121 cm³/mol. The number of carbonyl (C=O) groups excluding carboxylic acids is 2. The number of aromatic amines is 1. The molecule has 1 saturated heterocycles. The molecule has 0 radical (unpaired) electrons. The molecule has 4 rings (SSSR count). The molecule has 2 aliphatic rings. The van der Waals surface area contributed by atoms with Crippen LogP contribution in [-0.4, -0.2) is 46.8 Å². The van der Waals surface area contributed by atoms with Crippen LogP contribution in [0.5, 0.6) is 0 Å². The first kappa shape index (κ1) is 22.9. The predicted octanol–water partition coefficient (Wildman–Crippen LogP) is 2.70. The largest absolute Gasteiger partial charge is 0.378 e. The fourth-order valence-electron chi connectivity index (χ4n) is 4.14. The third-order valence-electron chi connectivity index (χ3n) is 6.11. The Bertz CT molecular complexity index is 1060. The van der Waals surface area contributed by atoms with E-state index in [4.69, 9.17) is 23.2 Å². The van der Waals surface area contributed by atoms with E-state index in [1.165, 1.54) is 0 Å². The number of aromatic nitrogens is 1. The van der Waals surface area contributed by atoms with Gasteiger partial charge in [-0.3, -0.25) is 14.9 Å². The van der Waals surface area contributed by atoms with Crippen molar-refractivity contribution < 1.29 is 14.7 Å². The second-order valence-electron chi connectivity index (χ2n) is 8.61. The minimum Gasteiger partial charge on any atom is -0.378 e. The molecule has 10 heteroatoms. The number of H-pyrrole nitrogens is 1. The zero-order valence-corrected chi connectivity index (χ0v) is 18.8. The molecule has 1 saturated carbocycles. The summed E-state index contributed by atoms with van der Waals surface area (Å²) in [7, 11) is 0. The zero-order chi connectivity index (χ0) is 22.8. The summed E-state index contributed by atoms with van der Waals surface area (Å²) in [6.07, 6.45) is 2.96. The first-order valence-electron chi connectivity index (χ1n) is 10.7. The molecule has 32 heavy (non-hydrogen) atoms. The number of aliphatic hydroxyl groups excluding tert-OH is 1. The first-order chi connectivity index (χ1) is 15.3. The van der Waals surface area contributed by atoms with Gasteiger partial charge in [-0.2, -0.15) is 5.26 Å². The SMILES string of the molecule is N#CC(CC1CCNC1O)NC(=O)C(CC1CC1)NC(=O)c1cc2c(Cl)cc(Cl)cc2[nH]1. The zero-order valence-electron chi connectivity index (χ0n) is 17.3. The second-order valence-corrected chi connectivity index (χ2v) is 9.45. The summed E-state index contributed by atoms with van der Waals surface area (Å²) >= 11 is 12.2. The van der Waals surface area contributed by atoms with Gasteiger partial charge in [-0.15, -0.1) is 0 Å². The Hall–Kier alpha value is -2.31. The summed E-state index contributed by atoms with van der Waals surface area (Å²) in [6.45, 7) is 0.679. The van der Waals surface area contributed by atoms with Crippen molar-refractivity contribution >= 4 is 45.9 Å². The standard InChI is InChI=1S/C22H25Cl2N5O3/c23-13-7-16(24)15-9-19(28-17(15)8-13)22(32)29-18(5-11-1-2-11)21(31)27-14(10-25)6-12-3-4-26-20(12)30/h7-9,11-12,14,18,20,26,28,30H,1-6H2,(H,27,31)(H,29,32). The topological polar surface area (TPSA) is 130 Å². The van der Waals surface area contributed by atoms with Crippen LogP contribution in [-0.2, 0) is 4.79 Å². The molecule has 1 aliphatic heterocycles. The second kappa shape index (κ2) is 9.67. The fourth-order valence-corrected chi connectivity index (χ4v) is 4.69. The van der Waals surface area contributed by atoms with Gasteiger partial charge >= 0.3 is 0 Å². The maximum Gasteiger partial charge on any atom is 0.268 e. The Labute approximate surface area is 195 Å². The average Bonchev–Trinajstić information content (AvgIpc) is 3.31. The van der Waals surface area contributed by atoms with Crippen molar-refractivity contribution in [3.63, 3.8) is 0 Å². The lowest BCUT2D eigenvalue weighted by molar-refractivity contribution is -0.123. The molecular formula is C22H25Cl2N5O3. The highest BCUT2D eigenvalue weighted by atomic mass is 35.5. The number of halogens is 2. The van der Waals surface area contributed by atoms with Gasteiger partial charge in [-0.25, -0.2) is 0 Å². The Morgan fingerprint density at radius 3 is 2.62 bits per heavy atom. The summed E-state index contributed by atoms with van der Waals surface area (Å²) in [5, 5.41) is 29.5. The smallest absolute Gasteiger partial charge is 0.268 e. The molecule has 1 aromatic heterocycles. The molecule has 4 unspecified atom stereocenters. The molecule has 8 nitrogen and oxygen atoms in total. The van der Waals surface area contributed by atoms with Gasteiger partial charge in [-0.05, 0) is 49.9 Å². The van der Waals surface area contributed by atoms with Crippen molar-refractivity contribution in [1.29, 1.82) is 5.26 Å². The maximum absolute atomic E-state index is 13.0. The number of benzene rings is 1. The van der Waals surface area contributed by atoms with E-state index in [1.807, 2.05) is 0 Å². The highest BCUT2D eigenvalue weighted by Gasteiger charge is 2.33. The van der Waals surface area contributed by atoms with Crippen LogP contribution in [0.2, 0.25) is 10.0 Å². The van der Waals surface area contributed by atoms with Crippen molar-refractivity contribution in [3.05, 3.63) is 33.9 Å². The number of nitriles is 1. The summed E-state index contributed by atoms with van der Waals surface area (Å²) in [5.74, 6) is -0.546. The van der Waals surface area contributed by atoms with Gasteiger partial charge in [0.2, 0.25) is 5.91 Å². The molecule has 2 aromatic rings. The van der Waals surface area contributed by atoms with E-state index in [0.717, 1.165) is 19.3 Å². The Morgan fingerprint density at radius 2 is 1.97 bits per heavy atom. The first-order valence-corrected chi connectivity index (χ1v) is 11.5. The minimum absolute atomic E-state index is 0.0978. The number of aliphatic hydroxyl groups is 1. The molecule has 5 N–H and O–H groups in total. The molecule has 2 fully saturated rings. The van der Waals surface area contributed by atoms with E-state index in [-0.39, 0.29) is 11.6 Å². The van der Waals surface area contributed by atoms with E-state index in [0.29, 0.717) is 46.3 Å². The lowest BCUT2D eigenvalue weighted by Gasteiger charge is -2.22. The number of fused-ring (bicyclic) bond motifs is 1. The lowest BCUT2D eigenvalue weighted by Crippen LogP contribution is -2.50. The number of nitrogens with zero attached hydrogens (tertiary/aromatic N) is 1. The molecule has 0 spiro atoms. The maximum atomic E-state index is 13.0. The number of nitrogens with one attached hydrogen (secondary N) is 4. The number of amides is 2. The van der Waals surface area contributed by atoms with E-state index in [1.54, 1.807) is 18.2 Å². The normalized spacial score (nSPS) is 22.3. The third kappa shape index (κ3) is 5.36. The minimum atomic E-state index is -0.761. The van der Waals surface area contributed by atoms with Gasteiger partial charge < -0.3 is 20.7 Å². The van der Waals surface area contributed by atoms with E-state index in [9.17, 15) is 20.0 Å². The van der Waals surface area contributed by atoms with Crippen LogP contribution in [0.4, 0.5) is 0 Å². The van der Waals surface area contributed by atoms with E-state index in [2.05, 4.69) is 27.0 Å². The van der Waals surface area contributed by atoms with Gasteiger partial charge in [0.1, 0.15) is 24.0 Å². The average molecular weight is 478 g/mol. The van der Waals surface area contributed by atoms with Crippen molar-refractivity contribution in [2.45, 2.75) is 50.4 Å². The highest BCUT2D eigenvalue weighted by Crippen LogP contribution is 2.34. The summed E-state index contributed by atoms with van der Waals surface area (Å²) in [6, 6.07) is 5.51. The fraction of sp³-hybridized carbons (Fsp3) is 0.500. The number of hydrogen-bond donors (Lipinski definition) is 5. The van der Waals surface area contributed by atoms with Gasteiger partial charge in [0.15, 0.2) is 0 Å². The van der Waals surface area contributed by atoms with Gasteiger partial charge in [0.25, 0.3) is 5.91 Å². The van der Waals surface area contributed by atoms with Gasteiger partial charge in [-0.1, -0.05) is 36.0 Å². The van der Waals surface area contributed by atoms with Crippen molar-refractivity contribution in [3.8, 4) is 6.07 Å². The molecule has 1 aromatic carbocycles. The summed E-state index contributed by atoms with van der Waals surface area (Å²) in [4.78, 5) is 28.9.